The lowest BCUT2D eigenvalue weighted by molar-refractivity contribution is -0.185. The van der Waals surface area contributed by atoms with Gasteiger partial charge >= 0.3 is 5.97 Å². The molecule has 0 aliphatic carbocycles. The van der Waals surface area contributed by atoms with E-state index in [0.717, 1.165) is 0 Å². The lowest BCUT2D eigenvalue weighted by Crippen LogP contribution is -2.44. The predicted octanol–water partition coefficient (Wildman–Crippen LogP) is 1.58. The average molecular weight is 216 g/mol. The summed E-state index contributed by atoms with van der Waals surface area (Å²) in [6, 6.07) is 0. The average Bonchev–Trinajstić information content (AvgIpc) is 2.18. The predicted molar refractivity (Wildman–Crippen MR) is 55.2 cm³/mol. The Hall–Kier alpha value is -0.610. The van der Waals surface area contributed by atoms with E-state index in [-0.39, 0.29) is 30.9 Å². The van der Waals surface area contributed by atoms with Crippen LogP contribution in [0.4, 0.5) is 0 Å². The molecule has 1 heterocycles. The van der Waals surface area contributed by atoms with Crippen molar-refractivity contribution in [1.82, 2.24) is 0 Å². The van der Waals surface area contributed by atoms with E-state index in [2.05, 4.69) is 6.92 Å². The normalized spacial score (nSPS) is 31.8. The molecule has 1 saturated heterocycles. The maximum absolute atomic E-state index is 11.4. The van der Waals surface area contributed by atoms with Crippen LogP contribution in [0, 0.1) is 11.8 Å². The lowest BCUT2D eigenvalue weighted by atomic mass is 9.86. The van der Waals surface area contributed by atoms with Crippen molar-refractivity contribution in [3.63, 3.8) is 0 Å². The number of cyclic esters (lactones) is 1. The molecular formula is C11H20O4. The molecule has 0 aromatic heterocycles. The van der Waals surface area contributed by atoms with Crippen LogP contribution in [-0.4, -0.2) is 32.1 Å². The molecule has 0 aromatic carbocycles. The Balaban J connectivity index is 2.59. The molecular weight excluding hydrogens is 196 g/mol. The van der Waals surface area contributed by atoms with Gasteiger partial charge in [-0.15, -0.1) is 0 Å². The Labute approximate surface area is 90.9 Å². The van der Waals surface area contributed by atoms with Crippen LogP contribution in [0.1, 0.15) is 27.2 Å². The number of hydrogen-bond donors (Lipinski definition) is 0. The van der Waals surface area contributed by atoms with Gasteiger partial charge in [0.15, 0.2) is 0 Å². The van der Waals surface area contributed by atoms with Gasteiger partial charge in [0.05, 0.1) is 12.5 Å². The fraction of sp³-hybridized carbons (Fsp3) is 0.909. The molecule has 0 N–H and O–H groups in total. The van der Waals surface area contributed by atoms with Crippen LogP contribution < -0.4 is 0 Å². The maximum atomic E-state index is 11.4. The number of esters is 1. The van der Waals surface area contributed by atoms with E-state index in [4.69, 9.17) is 14.2 Å². The zero-order valence-electron chi connectivity index (χ0n) is 9.86. The zero-order valence-corrected chi connectivity index (χ0v) is 9.86. The number of methoxy groups -OCH3 is 1. The summed E-state index contributed by atoms with van der Waals surface area (Å²) in [5.41, 5.74) is 0. The lowest BCUT2D eigenvalue weighted by Gasteiger charge is -2.36. The van der Waals surface area contributed by atoms with E-state index in [1.165, 1.54) is 0 Å². The van der Waals surface area contributed by atoms with Crippen molar-refractivity contribution in [1.29, 1.82) is 0 Å². The molecule has 15 heavy (non-hydrogen) atoms. The summed E-state index contributed by atoms with van der Waals surface area (Å²) in [5, 5.41) is 0. The first-order valence-electron chi connectivity index (χ1n) is 5.36. The molecule has 0 unspecified atom stereocenters. The molecule has 0 saturated carbocycles. The minimum Gasteiger partial charge on any atom is -0.462 e. The first kappa shape index (κ1) is 12.5. The van der Waals surface area contributed by atoms with E-state index in [1.807, 2.05) is 13.8 Å². The van der Waals surface area contributed by atoms with Gasteiger partial charge in [0.25, 0.3) is 0 Å². The molecule has 4 nitrogen and oxygen atoms in total. The molecule has 1 fully saturated rings. The Bertz CT molecular complexity index is 215. The largest absolute Gasteiger partial charge is 0.462 e. The van der Waals surface area contributed by atoms with Gasteiger partial charge < -0.3 is 14.2 Å². The van der Waals surface area contributed by atoms with Gasteiger partial charge in [-0.25, -0.2) is 0 Å². The molecule has 0 amide bonds. The highest BCUT2D eigenvalue weighted by Gasteiger charge is 2.37. The van der Waals surface area contributed by atoms with Crippen LogP contribution in [-0.2, 0) is 19.0 Å². The monoisotopic (exact) mass is 216 g/mol. The van der Waals surface area contributed by atoms with E-state index in [9.17, 15) is 4.79 Å². The van der Waals surface area contributed by atoms with E-state index < -0.39 is 0 Å². The highest BCUT2D eigenvalue weighted by atomic mass is 16.7. The fourth-order valence-corrected chi connectivity index (χ4v) is 1.98. The molecule has 1 rings (SSSR count). The van der Waals surface area contributed by atoms with Gasteiger partial charge in [-0.2, -0.15) is 0 Å². The molecule has 1 aliphatic rings. The smallest absolute Gasteiger partial charge is 0.308 e. The first-order valence-corrected chi connectivity index (χ1v) is 5.36. The van der Waals surface area contributed by atoms with Crippen molar-refractivity contribution in [2.45, 2.75) is 39.4 Å². The summed E-state index contributed by atoms with van der Waals surface area (Å²) < 4.78 is 15.6. The Morgan fingerprint density at radius 1 is 1.53 bits per heavy atom. The summed E-state index contributed by atoms with van der Waals surface area (Å²) in [6.45, 7) is 6.38. The molecule has 1 aliphatic heterocycles. The van der Waals surface area contributed by atoms with Crippen molar-refractivity contribution < 1.29 is 19.0 Å². The first-order chi connectivity index (χ1) is 7.06. The molecule has 4 heteroatoms. The number of carbonyl (C=O) groups is 1. The number of carbonyl (C=O) groups excluding carboxylic acids is 1. The minimum atomic E-state index is -0.173. The van der Waals surface area contributed by atoms with Crippen molar-refractivity contribution in [2.75, 3.05) is 13.9 Å². The second-order valence-corrected chi connectivity index (χ2v) is 4.37. The third-order valence-corrected chi connectivity index (χ3v) is 2.80. The van der Waals surface area contributed by atoms with Crippen molar-refractivity contribution in [2.24, 2.45) is 11.8 Å². The third-order valence-electron chi connectivity index (χ3n) is 2.80. The summed E-state index contributed by atoms with van der Waals surface area (Å²) in [6.07, 6.45) is 0.194. The summed E-state index contributed by atoms with van der Waals surface area (Å²) in [7, 11) is 1.58. The Kier molecular flexibility index (Phi) is 4.54. The highest BCUT2D eigenvalue weighted by molar-refractivity contribution is 5.71. The number of rotatable bonds is 4. The van der Waals surface area contributed by atoms with Crippen LogP contribution in [0.25, 0.3) is 0 Å². The quantitative estimate of drug-likeness (QED) is 0.528. The van der Waals surface area contributed by atoms with Crippen LogP contribution in [0.15, 0.2) is 0 Å². The van der Waals surface area contributed by atoms with E-state index in [0.29, 0.717) is 12.3 Å². The highest BCUT2D eigenvalue weighted by Crippen LogP contribution is 2.28. The topological polar surface area (TPSA) is 44.8 Å². The SMILES string of the molecule is COCO[C@@H]1CC(=O)O[C@H](C(C)C)[C@H]1C. The summed E-state index contributed by atoms with van der Waals surface area (Å²) in [5.74, 6) is 0.364. The van der Waals surface area contributed by atoms with Gasteiger partial charge in [-0.05, 0) is 5.92 Å². The molecule has 0 aromatic rings. The van der Waals surface area contributed by atoms with Crippen LogP contribution in [0.5, 0.6) is 0 Å². The zero-order chi connectivity index (χ0) is 11.4. The van der Waals surface area contributed by atoms with Crippen LogP contribution >= 0.6 is 0 Å². The molecule has 0 spiro atoms. The fourth-order valence-electron chi connectivity index (χ4n) is 1.98. The van der Waals surface area contributed by atoms with Crippen molar-refractivity contribution >= 4 is 5.97 Å². The third kappa shape index (κ3) is 3.18. The molecule has 3 atom stereocenters. The Morgan fingerprint density at radius 3 is 2.73 bits per heavy atom. The van der Waals surface area contributed by atoms with Gasteiger partial charge in [0.1, 0.15) is 12.9 Å². The molecule has 0 radical (unpaired) electrons. The van der Waals surface area contributed by atoms with Crippen LogP contribution in [0.3, 0.4) is 0 Å². The Morgan fingerprint density at radius 2 is 2.20 bits per heavy atom. The minimum absolute atomic E-state index is 0.0480. The second-order valence-electron chi connectivity index (χ2n) is 4.37. The maximum Gasteiger partial charge on any atom is 0.308 e. The van der Waals surface area contributed by atoms with Gasteiger partial charge in [-0.1, -0.05) is 20.8 Å². The molecule has 0 bridgehead atoms. The van der Waals surface area contributed by atoms with E-state index in [1.54, 1.807) is 7.11 Å². The van der Waals surface area contributed by atoms with E-state index >= 15 is 0 Å². The summed E-state index contributed by atoms with van der Waals surface area (Å²) in [4.78, 5) is 11.4. The van der Waals surface area contributed by atoms with Crippen LogP contribution in [0.2, 0.25) is 0 Å². The number of hydrogen-bond acceptors (Lipinski definition) is 4. The molecule has 88 valence electrons. The van der Waals surface area contributed by atoms with Gasteiger partial charge in [-0.3, -0.25) is 4.79 Å². The second kappa shape index (κ2) is 5.47. The standard InChI is InChI=1S/C11H20O4/c1-7(2)11-8(3)9(14-6-13-4)5-10(12)15-11/h7-9,11H,5-6H2,1-4H3/t8-,9+,11+/m0/s1. The van der Waals surface area contributed by atoms with Gasteiger partial charge in [0.2, 0.25) is 0 Å². The van der Waals surface area contributed by atoms with Gasteiger partial charge in [0, 0.05) is 13.0 Å². The van der Waals surface area contributed by atoms with Crippen molar-refractivity contribution in [3.05, 3.63) is 0 Å². The van der Waals surface area contributed by atoms with Crippen molar-refractivity contribution in [3.8, 4) is 0 Å². The summed E-state index contributed by atoms with van der Waals surface area (Å²) >= 11 is 0. The number of ether oxygens (including phenoxy) is 3.